The van der Waals surface area contributed by atoms with Gasteiger partial charge < -0.3 is 15.2 Å². The van der Waals surface area contributed by atoms with Crippen LogP contribution >= 0.6 is 0 Å². The van der Waals surface area contributed by atoms with Gasteiger partial charge in [0, 0.05) is 18.3 Å². The molecule has 0 radical (unpaired) electrons. The summed E-state index contributed by atoms with van der Waals surface area (Å²) in [6.45, 7) is 2.92. The molecule has 0 aromatic heterocycles. The molecule has 2 rings (SSSR count). The van der Waals surface area contributed by atoms with Crippen molar-refractivity contribution in [1.29, 1.82) is 0 Å². The van der Waals surface area contributed by atoms with Gasteiger partial charge in [-0.25, -0.2) is 4.79 Å². The van der Waals surface area contributed by atoms with Crippen LogP contribution in [0.1, 0.15) is 35.3 Å². The molecule has 26 heavy (non-hydrogen) atoms. The number of carboxylic acids is 1. The van der Waals surface area contributed by atoms with Gasteiger partial charge >= 0.3 is 18.1 Å². The standard InChI is InChI=1S/C18H16F3NO4/c1-3-11-4-5-12(18(19,20)21)8-15(11)22-13-6-7-16(26-10(2)23)14(9-13)17(24)25/h4-9,22H,3H2,1-2H3,(H,24,25). The van der Waals surface area contributed by atoms with Gasteiger partial charge in [-0.1, -0.05) is 13.0 Å². The molecule has 2 aromatic carbocycles. The van der Waals surface area contributed by atoms with Crippen LogP contribution in [0, 0.1) is 0 Å². The molecule has 0 aliphatic heterocycles. The molecule has 2 N–H and O–H groups in total. The second-order valence-corrected chi connectivity index (χ2v) is 5.46. The zero-order chi connectivity index (χ0) is 19.5. The summed E-state index contributed by atoms with van der Waals surface area (Å²) in [5.41, 5.74) is 0.0209. The SMILES string of the molecule is CCc1ccc(C(F)(F)F)cc1Nc1ccc(OC(C)=O)c(C(=O)O)c1. The molecule has 0 aliphatic rings. The van der Waals surface area contributed by atoms with Crippen LogP contribution in [-0.2, 0) is 17.4 Å². The van der Waals surface area contributed by atoms with Crippen LogP contribution in [0.4, 0.5) is 24.5 Å². The molecular weight excluding hydrogens is 351 g/mol. The van der Waals surface area contributed by atoms with Crippen molar-refractivity contribution in [3.8, 4) is 5.75 Å². The number of aryl methyl sites for hydroxylation is 1. The van der Waals surface area contributed by atoms with E-state index >= 15 is 0 Å². The maximum absolute atomic E-state index is 12.9. The Kier molecular flexibility index (Phi) is 5.54. The number of hydrogen-bond acceptors (Lipinski definition) is 4. The number of ether oxygens (including phenoxy) is 1. The first-order chi connectivity index (χ1) is 12.1. The van der Waals surface area contributed by atoms with Gasteiger partial charge in [-0.15, -0.1) is 0 Å². The third-order valence-corrected chi connectivity index (χ3v) is 3.56. The summed E-state index contributed by atoms with van der Waals surface area (Å²) in [5, 5.41) is 12.1. The van der Waals surface area contributed by atoms with E-state index in [0.717, 1.165) is 19.1 Å². The monoisotopic (exact) mass is 367 g/mol. The summed E-state index contributed by atoms with van der Waals surface area (Å²) in [6, 6.07) is 7.23. The van der Waals surface area contributed by atoms with Gasteiger partial charge in [0.25, 0.3) is 0 Å². The third-order valence-electron chi connectivity index (χ3n) is 3.56. The first-order valence-corrected chi connectivity index (χ1v) is 7.64. The Bertz CT molecular complexity index is 847. The molecule has 0 spiro atoms. The van der Waals surface area contributed by atoms with Gasteiger partial charge in [-0.3, -0.25) is 4.79 Å². The van der Waals surface area contributed by atoms with Crippen LogP contribution < -0.4 is 10.1 Å². The minimum atomic E-state index is -4.49. The van der Waals surface area contributed by atoms with Crippen molar-refractivity contribution in [2.45, 2.75) is 26.4 Å². The fourth-order valence-corrected chi connectivity index (χ4v) is 2.35. The molecule has 0 saturated carbocycles. The molecule has 0 unspecified atom stereocenters. The van der Waals surface area contributed by atoms with E-state index in [-0.39, 0.29) is 22.7 Å². The Balaban J connectivity index is 2.43. The van der Waals surface area contributed by atoms with Gasteiger partial charge in [0.15, 0.2) is 0 Å². The number of nitrogens with one attached hydrogen (secondary N) is 1. The molecule has 138 valence electrons. The van der Waals surface area contributed by atoms with Crippen molar-refractivity contribution in [1.82, 2.24) is 0 Å². The molecule has 0 heterocycles. The number of rotatable bonds is 5. The zero-order valence-electron chi connectivity index (χ0n) is 14.0. The molecule has 0 atom stereocenters. The van der Waals surface area contributed by atoms with E-state index in [2.05, 4.69) is 5.32 Å². The number of esters is 1. The lowest BCUT2D eigenvalue weighted by Crippen LogP contribution is -2.09. The fourth-order valence-electron chi connectivity index (χ4n) is 2.35. The molecular formula is C18H16F3NO4. The number of carboxylic acid groups (broad SMARTS) is 1. The molecule has 0 bridgehead atoms. The number of carbonyl (C=O) groups excluding carboxylic acids is 1. The van der Waals surface area contributed by atoms with E-state index in [4.69, 9.17) is 4.74 Å². The number of aromatic carboxylic acids is 1. The van der Waals surface area contributed by atoms with Crippen molar-refractivity contribution in [3.05, 3.63) is 53.1 Å². The predicted octanol–water partition coefficient (Wildman–Crippen LogP) is 4.63. The summed E-state index contributed by atoms with van der Waals surface area (Å²) in [6.07, 6.45) is -4.01. The number of benzene rings is 2. The summed E-state index contributed by atoms with van der Waals surface area (Å²) in [7, 11) is 0. The first-order valence-electron chi connectivity index (χ1n) is 7.64. The minimum Gasteiger partial charge on any atom is -0.478 e. The lowest BCUT2D eigenvalue weighted by Gasteiger charge is -2.15. The Morgan fingerprint density at radius 3 is 2.38 bits per heavy atom. The van der Waals surface area contributed by atoms with Gasteiger partial charge in [-0.05, 0) is 42.3 Å². The van der Waals surface area contributed by atoms with Crippen molar-refractivity contribution in [2.75, 3.05) is 5.32 Å². The molecule has 0 aliphatic carbocycles. The lowest BCUT2D eigenvalue weighted by atomic mass is 10.1. The molecule has 0 amide bonds. The van der Waals surface area contributed by atoms with Crippen LogP contribution in [-0.4, -0.2) is 17.0 Å². The maximum Gasteiger partial charge on any atom is 0.416 e. The summed E-state index contributed by atoms with van der Waals surface area (Å²) >= 11 is 0. The van der Waals surface area contributed by atoms with Crippen molar-refractivity contribution in [2.24, 2.45) is 0 Å². The van der Waals surface area contributed by atoms with E-state index in [1.807, 2.05) is 0 Å². The van der Waals surface area contributed by atoms with Gasteiger partial charge in [0.05, 0.1) is 5.56 Å². The van der Waals surface area contributed by atoms with Crippen LogP contribution in [0.5, 0.6) is 5.75 Å². The lowest BCUT2D eigenvalue weighted by molar-refractivity contribution is -0.137. The van der Waals surface area contributed by atoms with E-state index in [9.17, 15) is 27.9 Å². The second kappa shape index (κ2) is 7.47. The Morgan fingerprint density at radius 2 is 1.85 bits per heavy atom. The smallest absolute Gasteiger partial charge is 0.416 e. The highest BCUT2D eigenvalue weighted by Gasteiger charge is 2.31. The zero-order valence-corrected chi connectivity index (χ0v) is 14.0. The highest BCUT2D eigenvalue weighted by molar-refractivity contribution is 5.93. The number of carbonyl (C=O) groups is 2. The van der Waals surface area contributed by atoms with Gasteiger partial charge in [0.1, 0.15) is 11.3 Å². The van der Waals surface area contributed by atoms with E-state index in [1.165, 1.54) is 24.3 Å². The van der Waals surface area contributed by atoms with Gasteiger partial charge in [0.2, 0.25) is 0 Å². The first kappa shape index (κ1) is 19.3. The number of alkyl halides is 3. The van der Waals surface area contributed by atoms with Crippen LogP contribution in [0.25, 0.3) is 0 Å². The number of hydrogen-bond donors (Lipinski definition) is 2. The fraction of sp³-hybridized carbons (Fsp3) is 0.222. The number of anilines is 2. The molecule has 8 heteroatoms. The van der Waals surface area contributed by atoms with Crippen molar-refractivity contribution >= 4 is 23.3 Å². The minimum absolute atomic E-state index is 0.143. The summed E-state index contributed by atoms with van der Waals surface area (Å²) < 4.78 is 43.6. The molecule has 5 nitrogen and oxygen atoms in total. The van der Waals surface area contributed by atoms with E-state index in [1.54, 1.807) is 6.92 Å². The topological polar surface area (TPSA) is 75.6 Å². The van der Waals surface area contributed by atoms with Crippen molar-refractivity contribution in [3.63, 3.8) is 0 Å². The number of halogens is 3. The molecule has 2 aromatic rings. The molecule has 0 saturated heterocycles. The largest absolute Gasteiger partial charge is 0.478 e. The van der Waals surface area contributed by atoms with Gasteiger partial charge in [-0.2, -0.15) is 13.2 Å². The van der Waals surface area contributed by atoms with Crippen LogP contribution in [0.15, 0.2) is 36.4 Å². The average molecular weight is 367 g/mol. The summed E-state index contributed by atoms with van der Waals surface area (Å²) in [4.78, 5) is 22.4. The second-order valence-electron chi connectivity index (χ2n) is 5.46. The normalized spacial score (nSPS) is 11.1. The van der Waals surface area contributed by atoms with E-state index < -0.39 is 23.7 Å². The average Bonchev–Trinajstić information content (AvgIpc) is 2.54. The highest BCUT2D eigenvalue weighted by atomic mass is 19.4. The quantitative estimate of drug-likeness (QED) is 0.595. The predicted molar refractivity (Wildman–Crippen MR) is 88.8 cm³/mol. The third kappa shape index (κ3) is 4.53. The maximum atomic E-state index is 12.9. The van der Waals surface area contributed by atoms with Crippen molar-refractivity contribution < 1.29 is 32.6 Å². The Morgan fingerprint density at radius 1 is 1.15 bits per heavy atom. The van der Waals surface area contributed by atoms with Crippen LogP contribution in [0.3, 0.4) is 0 Å². The Hall–Kier alpha value is -3.03. The summed E-state index contributed by atoms with van der Waals surface area (Å²) in [5.74, 6) is -2.15. The Labute approximate surface area is 147 Å². The van der Waals surface area contributed by atoms with E-state index in [0.29, 0.717) is 12.0 Å². The molecule has 0 fully saturated rings. The highest BCUT2D eigenvalue weighted by Crippen LogP contribution is 2.34. The van der Waals surface area contributed by atoms with Crippen LogP contribution in [0.2, 0.25) is 0 Å².